The van der Waals surface area contributed by atoms with Crippen molar-refractivity contribution in [3.8, 4) is 6.07 Å². The van der Waals surface area contributed by atoms with Gasteiger partial charge >= 0.3 is 5.97 Å². The molecule has 0 amide bonds. The maximum atomic E-state index is 11.0. The maximum absolute atomic E-state index is 11.0. The molecule has 0 saturated heterocycles. The van der Waals surface area contributed by atoms with E-state index in [0.717, 1.165) is 16.5 Å². The lowest BCUT2D eigenvalue weighted by molar-refractivity contribution is -0.134. The molecule has 1 aromatic heterocycles. The number of carbonyl (C=O) groups excluding carboxylic acids is 1. The molecular formula is C13H10N2O2. The van der Waals surface area contributed by atoms with Crippen LogP contribution in [0.15, 0.2) is 30.5 Å². The Morgan fingerprint density at radius 3 is 3.06 bits per heavy atom. The van der Waals surface area contributed by atoms with Gasteiger partial charge in [-0.05, 0) is 24.3 Å². The molecule has 0 aliphatic rings. The Bertz CT molecular complexity index is 632. The quantitative estimate of drug-likeness (QED) is 0.630. The van der Waals surface area contributed by atoms with Crippen molar-refractivity contribution in [2.24, 2.45) is 0 Å². The summed E-state index contributed by atoms with van der Waals surface area (Å²) in [5, 5.41) is 9.74. The topological polar surface area (TPSA) is 65.9 Å². The standard InChI is InChI=1S/C13H10N2O2/c1-17-13(16)5-3-10-8-15-12-4-2-9(7-14)6-11(10)12/h2-6,8,15H,1H3. The summed E-state index contributed by atoms with van der Waals surface area (Å²) in [7, 11) is 1.33. The number of fused-ring (bicyclic) bond motifs is 1. The van der Waals surface area contributed by atoms with E-state index in [1.165, 1.54) is 13.2 Å². The smallest absolute Gasteiger partial charge is 0.330 e. The van der Waals surface area contributed by atoms with Crippen LogP contribution in [0.3, 0.4) is 0 Å². The molecule has 2 rings (SSSR count). The highest BCUT2D eigenvalue weighted by Crippen LogP contribution is 2.20. The first-order chi connectivity index (χ1) is 8.24. The molecule has 0 saturated carbocycles. The first kappa shape index (κ1) is 11.0. The number of aromatic nitrogens is 1. The molecule has 1 aromatic carbocycles. The summed E-state index contributed by atoms with van der Waals surface area (Å²) >= 11 is 0. The fourth-order valence-electron chi connectivity index (χ4n) is 1.58. The van der Waals surface area contributed by atoms with E-state index in [0.29, 0.717) is 5.56 Å². The van der Waals surface area contributed by atoms with E-state index in [2.05, 4.69) is 15.8 Å². The second kappa shape index (κ2) is 4.54. The van der Waals surface area contributed by atoms with Crippen molar-refractivity contribution in [3.63, 3.8) is 0 Å². The van der Waals surface area contributed by atoms with Gasteiger partial charge in [-0.3, -0.25) is 0 Å². The van der Waals surface area contributed by atoms with E-state index in [4.69, 9.17) is 5.26 Å². The Morgan fingerprint density at radius 1 is 1.53 bits per heavy atom. The van der Waals surface area contributed by atoms with Gasteiger partial charge < -0.3 is 9.72 Å². The minimum Gasteiger partial charge on any atom is -0.466 e. The van der Waals surface area contributed by atoms with Crippen LogP contribution in [0.1, 0.15) is 11.1 Å². The third kappa shape index (κ3) is 2.18. The highest BCUT2D eigenvalue weighted by Gasteiger charge is 2.02. The van der Waals surface area contributed by atoms with E-state index in [9.17, 15) is 4.79 Å². The van der Waals surface area contributed by atoms with Crippen LogP contribution < -0.4 is 0 Å². The van der Waals surface area contributed by atoms with Gasteiger partial charge in [0, 0.05) is 28.7 Å². The Balaban J connectivity index is 2.45. The molecule has 0 fully saturated rings. The van der Waals surface area contributed by atoms with E-state index in [-0.39, 0.29) is 0 Å². The molecule has 0 radical (unpaired) electrons. The molecule has 17 heavy (non-hydrogen) atoms. The number of H-pyrrole nitrogens is 1. The summed E-state index contributed by atoms with van der Waals surface area (Å²) in [6.07, 6.45) is 4.79. The third-order valence-corrected chi connectivity index (χ3v) is 2.44. The molecule has 0 aliphatic heterocycles. The van der Waals surface area contributed by atoms with Crippen LogP contribution in [0.5, 0.6) is 0 Å². The number of carbonyl (C=O) groups is 1. The predicted molar refractivity (Wildman–Crippen MR) is 64.1 cm³/mol. The minimum absolute atomic E-state index is 0.407. The van der Waals surface area contributed by atoms with Crippen LogP contribution in [-0.2, 0) is 9.53 Å². The SMILES string of the molecule is COC(=O)C=Cc1c[nH]c2ccc(C#N)cc12. The summed E-state index contributed by atoms with van der Waals surface area (Å²) < 4.78 is 4.52. The Labute approximate surface area is 98.1 Å². The summed E-state index contributed by atoms with van der Waals surface area (Å²) in [5.41, 5.74) is 2.36. The average Bonchev–Trinajstić information content (AvgIpc) is 2.78. The van der Waals surface area contributed by atoms with Crippen LogP contribution in [0.25, 0.3) is 17.0 Å². The van der Waals surface area contributed by atoms with Crippen molar-refractivity contribution in [1.29, 1.82) is 5.26 Å². The lowest BCUT2D eigenvalue weighted by atomic mass is 10.1. The monoisotopic (exact) mass is 226 g/mol. The number of aromatic amines is 1. The Kier molecular flexibility index (Phi) is 2.93. The molecule has 4 heteroatoms. The van der Waals surface area contributed by atoms with Crippen LogP contribution in [0, 0.1) is 11.3 Å². The summed E-state index contributed by atoms with van der Waals surface area (Å²) in [6.45, 7) is 0. The fourth-order valence-corrected chi connectivity index (χ4v) is 1.58. The third-order valence-electron chi connectivity index (χ3n) is 2.44. The van der Waals surface area contributed by atoms with E-state index < -0.39 is 5.97 Å². The van der Waals surface area contributed by atoms with Crippen molar-refractivity contribution in [1.82, 2.24) is 4.98 Å². The molecule has 0 spiro atoms. The van der Waals surface area contributed by atoms with Gasteiger partial charge in [0.05, 0.1) is 18.7 Å². The van der Waals surface area contributed by atoms with Gasteiger partial charge in [-0.2, -0.15) is 5.26 Å². The number of nitrogens with zero attached hydrogens (tertiary/aromatic N) is 1. The van der Waals surface area contributed by atoms with Crippen LogP contribution >= 0.6 is 0 Å². The lowest BCUT2D eigenvalue weighted by Crippen LogP contribution is -1.92. The van der Waals surface area contributed by atoms with E-state index in [1.54, 1.807) is 24.4 Å². The normalized spacial score (nSPS) is 10.6. The van der Waals surface area contributed by atoms with Gasteiger partial charge in [0.2, 0.25) is 0 Å². The molecule has 0 atom stereocenters. The van der Waals surface area contributed by atoms with Crippen molar-refractivity contribution in [2.75, 3.05) is 7.11 Å². The molecule has 4 nitrogen and oxygen atoms in total. The lowest BCUT2D eigenvalue weighted by Gasteiger charge is -1.93. The second-order valence-corrected chi connectivity index (χ2v) is 3.47. The van der Waals surface area contributed by atoms with E-state index >= 15 is 0 Å². The maximum Gasteiger partial charge on any atom is 0.330 e. The Morgan fingerprint density at radius 2 is 2.35 bits per heavy atom. The average molecular weight is 226 g/mol. The highest BCUT2D eigenvalue weighted by atomic mass is 16.5. The van der Waals surface area contributed by atoms with Crippen molar-refractivity contribution < 1.29 is 9.53 Å². The number of benzene rings is 1. The van der Waals surface area contributed by atoms with Crippen molar-refractivity contribution in [2.45, 2.75) is 0 Å². The zero-order valence-electron chi connectivity index (χ0n) is 9.23. The molecular weight excluding hydrogens is 216 g/mol. The number of hydrogen-bond donors (Lipinski definition) is 1. The van der Waals surface area contributed by atoms with Crippen molar-refractivity contribution >= 4 is 22.9 Å². The molecule has 1 heterocycles. The van der Waals surface area contributed by atoms with Gasteiger partial charge in [-0.1, -0.05) is 0 Å². The van der Waals surface area contributed by atoms with Gasteiger partial charge in [-0.25, -0.2) is 4.79 Å². The number of hydrogen-bond acceptors (Lipinski definition) is 3. The summed E-state index contributed by atoms with van der Waals surface area (Å²) in [5.74, 6) is -0.407. The Hall–Kier alpha value is -2.54. The molecule has 84 valence electrons. The van der Waals surface area contributed by atoms with Gasteiger partial charge in [0.25, 0.3) is 0 Å². The summed E-state index contributed by atoms with van der Waals surface area (Å²) in [6, 6.07) is 7.44. The van der Waals surface area contributed by atoms with Crippen LogP contribution in [0.4, 0.5) is 0 Å². The number of esters is 1. The molecule has 0 bridgehead atoms. The first-order valence-electron chi connectivity index (χ1n) is 5.02. The number of rotatable bonds is 2. The number of nitrogens with one attached hydrogen (secondary N) is 1. The fraction of sp³-hybridized carbons (Fsp3) is 0.0769. The number of ether oxygens (including phenoxy) is 1. The van der Waals surface area contributed by atoms with Crippen LogP contribution in [-0.4, -0.2) is 18.1 Å². The van der Waals surface area contributed by atoms with Gasteiger partial charge in [-0.15, -0.1) is 0 Å². The highest BCUT2D eigenvalue weighted by molar-refractivity contribution is 5.94. The summed E-state index contributed by atoms with van der Waals surface area (Å²) in [4.78, 5) is 14.1. The number of nitriles is 1. The van der Waals surface area contributed by atoms with Gasteiger partial charge in [0.15, 0.2) is 0 Å². The second-order valence-electron chi connectivity index (χ2n) is 3.47. The van der Waals surface area contributed by atoms with Gasteiger partial charge in [0.1, 0.15) is 0 Å². The zero-order valence-corrected chi connectivity index (χ0v) is 9.23. The molecule has 2 aromatic rings. The molecule has 0 unspecified atom stereocenters. The van der Waals surface area contributed by atoms with E-state index in [1.807, 2.05) is 6.07 Å². The minimum atomic E-state index is -0.407. The van der Waals surface area contributed by atoms with Crippen molar-refractivity contribution in [3.05, 3.63) is 41.6 Å². The zero-order chi connectivity index (χ0) is 12.3. The molecule has 0 aliphatic carbocycles. The number of methoxy groups -OCH3 is 1. The first-order valence-corrected chi connectivity index (χ1v) is 5.02. The largest absolute Gasteiger partial charge is 0.466 e. The molecule has 1 N–H and O–H groups in total. The van der Waals surface area contributed by atoms with Crippen LogP contribution in [0.2, 0.25) is 0 Å². The predicted octanol–water partition coefficient (Wildman–Crippen LogP) is 2.23.